The first-order valence-electron chi connectivity index (χ1n) is 7.30. The Labute approximate surface area is 136 Å². The topological polar surface area (TPSA) is 62.9 Å². The Balaban J connectivity index is 2.72. The highest BCUT2D eigenvalue weighted by molar-refractivity contribution is 5.80. The number of rotatable bonds is 6. The Bertz CT molecular complexity index is 683. The largest absolute Gasteiger partial charge is 0.496 e. The molecule has 124 valence electrons. The fraction of sp³-hybridized carbons (Fsp3) is 0.333. The van der Waals surface area contributed by atoms with Crippen molar-refractivity contribution in [3.63, 3.8) is 0 Å². The van der Waals surface area contributed by atoms with Gasteiger partial charge in [-0.2, -0.15) is 0 Å². The summed E-state index contributed by atoms with van der Waals surface area (Å²) in [4.78, 5) is 0. The molecule has 0 heterocycles. The number of hydrogen-bond acceptors (Lipinski definition) is 5. The van der Waals surface area contributed by atoms with E-state index in [1.165, 1.54) is 0 Å². The molecule has 2 aromatic rings. The molecule has 0 radical (unpaired) electrons. The third-order valence-electron chi connectivity index (χ3n) is 3.74. The molecule has 0 aliphatic carbocycles. The molecule has 2 aromatic carbocycles. The van der Waals surface area contributed by atoms with Crippen molar-refractivity contribution in [1.82, 2.24) is 0 Å². The number of ether oxygens (including phenoxy) is 4. The predicted octanol–water partition coefficient (Wildman–Crippen LogP) is 3.41. The fourth-order valence-electron chi connectivity index (χ4n) is 2.53. The number of methoxy groups -OCH3 is 4. The van der Waals surface area contributed by atoms with E-state index in [0.29, 0.717) is 17.2 Å². The molecular weight excluding hydrogens is 294 g/mol. The monoisotopic (exact) mass is 317 g/mol. The van der Waals surface area contributed by atoms with Gasteiger partial charge < -0.3 is 24.7 Å². The van der Waals surface area contributed by atoms with Gasteiger partial charge in [0, 0.05) is 17.2 Å². The SMILES string of the molecule is COc1ccc(C(C)N)cc1-c1ccc(OC)c(OC)c1OC. The maximum Gasteiger partial charge on any atom is 0.203 e. The van der Waals surface area contributed by atoms with Crippen LogP contribution in [-0.2, 0) is 0 Å². The zero-order valence-corrected chi connectivity index (χ0v) is 14.2. The summed E-state index contributed by atoms with van der Waals surface area (Å²) < 4.78 is 21.9. The highest BCUT2D eigenvalue weighted by Gasteiger charge is 2.20. The van der Waals surface area contributed by atoms with Gasteiger partial charge in [0.25, 0.3) is 0 Å². The summed E-state index contributed by atoms with van der Waals surface area (Å²) >= 11 is 0. The van der Waals surface area contributed by atoms with Crippen LogP contribution in [0.4, 0.5) is 0 Å². The van der Waals surface area contributed by atoms with E-state index in [1.807, 2.05) is 37.3 Å². The lowest BCUT2D eigenvalue weighted by molar-refractivity contribution is 0.325. The van der Waals surface area contributed by atoms with Gasteiger partial charge in [0.05, 0.1) is 28.4 Å². The molecule has 1 unspecified atom stereocenters. The predicted molar refractivity (Wildman–Crippen MR) is 90.7 cm³/mol. The lowest BCUT2D eigenvalue weighted by Gasteiger charge is -2.18. The standard InChI is InChI=1S/C18H23NO4/c1-11(19)12-6-8-15(20-2)14(10-12)13-7-9-16(21-3)18(23-5)17(13)22-4/h6-11H,19H2,1-5H3. The van der Waals surface area contributed by atoms with E-state index in [2.05, 4.69) is 0 Å². The Kier molecular flexibility index (Phi) is 5.34. The van der Waals surface area contributed by atoms with Crippen molar-refractivity contribution in [2.24, 2.45) is 5.73 Å². The number of hydrogen-bond donors (Lipinski definition) is 1. The van der Waals surface area contributed by atoms with E-state index in [-0.39, 0.29) is 6.04 Å². The summed E-state index contributed by atoms with van der Waals surface area (Å²) in [5, 5.41) is 0. The maximum atomic E-state index is 6.01. The Morgan fingerprint density at radius 1 is 0.739 bits per heavy atom. The van der Waals surface area contributed by atoms with Gasteiger partial charge in [-0.05, 0) is 36.8 Å². The van der Waals surface area contributed by atoms with Gasteiger partial charge in [-0.3, -0.25) is 0 Å². The van der Waals surface area contributed by atoms with Crippen LogP contribution in [0.25, 0.3) is 11.1 Å². The molecule has 1 atom stereocenters. The molecule has 23 heavy (non-hydrogen) atoms. The van der Waals surface area contributed by atoms with E-state index < -0.39 is 0 Å². The third kappa shape index (κ3) is 3.19. The minimum Gasteiger partial charge on any atom is -0.496 e. The van der Waals surface area contributed by atoms with Crippen LogP contribution in [0.3, 0.4) is 0 Å². The van der Waals surface area contributed by atoms with Gasteiger partial charge in [0.1, 0.15) is 5.75 Å². The summed E-state index contributed by atoms with van der Waals surface area (Å²) in [7, 11) is 6.41. The molecule has 0 aromatic heterocycles. The Hall–Kier alpha value is -2.40. The van der Waals surface area contributed by atoms with E-state index >= 15 is 0 Å². The first-order chi connectivity index (χ1) is 11.1. The summed E-state index contributed by atoms with van der Waals surface area (Å²) in [6, 6.07) is 9.56. The zero-order valence-electron chi connectivity index (χ0n) is 14.2. The van der Waals surface area contributed by atoms with Crippen molar-refractivity contribution in [3.8, 4) is 34.1 Å². The number of nitrogens with two attached hydrogens (primary N) is 1. The van der Waals surface area contributed by atoms with E-state index in [0.717, 1.165) is 22.4 Å². The van der Waals surface area contributed by atoms with E-state index in [9.17, 15) is 0 Å². The summed E-state index contributed by atoms with van der Waals surface area (Å²) in [5.74, 6) is 2.48. The van der Waals surface area contributed by atoms with Crippen molar-refractivity contribution in [2.75, 3.05) is 28.4 Å². The summed E-state index contributed by atoms with van der Waals surface area (Å²) in [6.07, 6.45) is 0. The molecule has 5 nitrogen and oxygen atoms in total. The molecule has 2 N–H and O–H groups in total. The first kappa shape index (κ1) is 17.0. The molecular formula is C18H23NO4. The molecule has 0 saturated carbocycles. The second-order valence-corrected chi connectivity index (χ2v) is 5.13. The Morgan fingerprint density at radius 3 is 1.87 bits per heavy atom. The van der Waals surface area contributed by atoms with Crippen molar-refractivity contribution in [1.29, 1.82) is 0 Å². The fourth-order valence-corrected chi connectivity index (χ4v) is 2.53. The van der Waals surface area contributed by atoms with Gasteiger partial charge in [0.15, 0.2) is 11.5 Å². The van der Waals surface area contributed by atoms with Gasteiger partial charge in [-0.1, -0.05) is 6.07 Å². The lowest BCUT2D eigenvalue weighted by Crippen LogP contribution is -2.05. The second kappa shape index (κ2) is 7.24. The molecule has 0 aliphatic heterocycles. The molecule has 0 saturated heterocycles. The number of benzene rings is 2. The van der Waals surface area contributed by atoms with Crippen LogP contribution in [0, 0.1) is 0 Å². The molecule has 0 bridgehead atoms. The Morgan fingerprint density at radius 2 is 1.35 bits per heavy atom. The minimum atomic E-state index is -0.0780. The first-order valence-corrected chi connectivity index (χ1v) is 7.30. The normalized spacial score (nSPS) is 11.7. The molecule has 0 fully saturated rings. The summed E-state index contributed by atoms with van der Waals surface area (Å²) in [5.41, 5.74) is 8.76. The van der Waals surface area contributed by atoms with Crippen LogP contribution < -0.4 is 24.7 Å². The second-order valence-electron chi connectivity index (χ2n) is 5.13. The van der Waals surface area contributed by atoms with Crippen molar-refractivity contribution < 1.29 is 18.9 Å². The van der Waals surface area contributed by atoms with Crippen LogP contribution in [0.2, 0.25) is 0 Å². The van der Waals surface area contributed by atoms with Crippen molar-refractivity contribution in [2.45, 2.75) is 13.0 Å². The van der Waals surface area contributed by atoms with Gasteiger partial charge in [0.2, 0.25) is 5.75 Å². The quantitative estimate of drug-likeness (QED) is 0.884. The molecule has 5 heteroatoms. The van der Waals surface area contributed by atoms with Gasteiger partial charge >= 0.3 is 0 Å². The minimum absolute atomic E-state index is 0.0780. The van der Waals surface area contributed by atoms with Crippen LogP contribution in [0.1, 0.15) is 18.5 Å². The molecule has 0 aliphatic rings. The van der Waals surface area contributed by atoms with E-state index in [4.69, 9.17) is 24.7 Å². The summed E-state index contributed by atoms with van der Waals surface area (Å²) in [6.45, 7) is 1.94. The van der Waals surface area contributed by atoms with Gasteiger partial charge in [-0.25, -0.2) is 0 Å². The highest BCUT2D eigenvalue weighted by Crippen LogP contribution is 2.46. The van der Waals surface area contributed by atoms with Crippen molar-refractivity contribution >= 4 is 0 Å². The van der Waals surface area contributed by atoms with Crippen LogP contribution >= 0.6 is 0 Å². The maximum absolute atomic E-state index is 6.01. The molecule has 0 amide bonds. The van der Waals surface area contributed by atoms with Crippen molar-refractivity contribution in [3.05, 3.63) is 35.9 Å². The van der Waals surface area contributed by atoms with Crippen LogP contribution in [-0.4, -0.2) is 28.4 Å². The molecule has 0 spiro atoms. The zero-order chi connectivity index (χ0) is 17.0. The van der Waals surface area contributed by atoms with E-state index in [1.54, 1.807) is 28.4 Å². The van der Waals surface area contributed by atoms with Crippen LogP contribution in [0.15, 0.2) is 30.3 Å². The molecule has 2 rings (SSSR count). The highest BCUT2D eigenvalue weighted by atomic mass is 16.5. The average Bonchev–Trinajstić information content (AvgIpc) is 2.59. The lowest BCUT2D eigenvalue weighted by atomic mass is 9.98. The third-order valence-corrected chi connectivity index (χ3v) is 3.74. The van der Waals surface area contributed by atoms with Gasteiger partial charge in [-0.15, -0.1) is 0 Å². The van der Waals surface area contributed by atoms with Crippen LogP contribution in [0.5, 0.6) is 23.0 Å². The smallest absolute Gasteiger partial charge is 0.203 e. The average molecular weight is 317 g/mol.